The highest BCUT2D eigenvalue weighted by molar-refractivity contribution is 7.89. The lowest BCUT2D eigenvalue weighted by atomic mass is 10.2. The molecule has 5 rings (SSSR count). The van der Waals surface area contributed by atoms with E-state index in [2.05, 4.69) is 10.3 Å². The molecule has 0 unspecified atom stereocenters. The Labute approximate surface area is 198 Å². The number of anilines is 1. The molecule has 4 aromatic rings. The fourth-order valence-electron chi connectivity index (χ4n) is 3.58. The molecular formula is C23H19N3O6S2. The average molecular weight is 498 g/mol. The molecule has 9 nitrogen and oxygen atoms in total. The van der Waals surface area contributed by atoms with Crippen LogP contribution in [0.25, 0.3) is 22.2 Å². The SMILES string of the molecule is O=C(Nc1nc(-c2ccc(S(=O)(=O)N3CCOCC3)cc2)cs1)c1cc2ccccc2oc1=O. The standard InChI is InChI=1S/C23H19N3O6S2/c27-21(18-13-16-3-1-2-4-20(16)32-22(18)28)25-23-24-19(14-33-23)15-5-7-17(8-6-15)34(29,30)26-9-11-31-12-10-26/h1-8,13-14H,9-12H2,(H,24,25,27). The maximum absolute atomic E-state index is 12.8. The van der Waals surface area contributed by atoms with Gasteiger partial charge in [0.05, 0.1) is 23.8 Å². The van der Waals surface area contributed by atoms with Gasteiger partial charge in [0.1, 0.15) is 11.1 Å². The molecule has 3 heterocycles. The fraction of sp³-hybridized carbons (Fsp3) is 0.174. The number of fused-ring (bicyclic) bond motifs is 1. The van der Waals surface area contributed by atoms with Crippen molar-refractivity contribution >= 4 is 43.4 Å². The first-order valence-corrected chi connectivity index (χ1v) is 12.7. The molecule has 0 bridgehead atoms. The van der Waals surface area contributed by atoms with Gasteiger partial charge in [-0.05, 0) is 24.3 Å². The zero-order valence-corrected chi connectivity index (χ0v) is 19.4. The van der Waals surface area contributed by atoms with Gasteiger partial charge in [-0.2, -0.15) is 4.31 Å². The second-order valence-corrected chi connectivity index (χ2v) is 10.3. The molecule has 1 N–H and O–H groups in total. The number of rotatable bonds is 5. The Balaban J connectivity index is 1.33. The molecule has 2 aromatic carbocycles. The number of hydrogen-bond donors (Lipinski definition) is 1. The van der Waals surface area contributed by atoms with Crippen molar-refractivity contribution in [1.82, 2.24) is 9.29 Å². The van der Waals surface area contributed by atoms with Crippen LogP contribution in [-0.4, -0.2) is 49.9 Å². The van der Waals surface area contributed by atoms with Crippen LogP contribution in [0.15, 0.2) is 74.1 Å². The number of thiazole rings is 1. The first-order valence-electron chi connectivity index (χ1n) is 10.4. The van der Waals surface area contributed by atoms with Gasteiger partial charge in [0.2, 0.25) is 10.0 Å². The molecule has 0 spiro atoms. The third kappa shape index (κ3) is 4.38. The minimum absolute atomic E-state index is 0.117. The number of nitrogens with zero attached hydrogens (tertiary/aromatic N) is 2. The molecular weight excluding hydrogens is 478 g/mol. The van der Waals surface area contributed by atoms with Crippen molar-refractivity contribution in [2.45, 2.75) is 4.90 Å². The van der Waals surface area contributed by atoms with Crippen molar-refractivity contribution in [1.29, 1.82) is 0 Å². The van der Waals surface area contributed by atoms with Crippen LogP contribution in [0.4, 0.5) is 5.13 Å². The Morgan fingerprint density at radius 1 is 1.06 bits per heavy atom. The van der Waals surface area contributed by atoms with Crippen LogP contribution in [0.1, 0.15) is 10.4 Å². The summed E-state index contributed by atoms with van der Waals surface area (Å²) in [5.41, 5.74) is 0.821. The van der Waals surface area contributed by atoms with Crippen molar-refractivity contribution in [3.63, 3.8) is 0 Å². The first-order chi connectivity index (χ1) is 16.4. The van der Waals surface area contributed by atoms with Gasteiger partial charge in [-0.3, -0.25) is 10.1 Å². The third-order valence-electron chi connectivity index (χ3n) is 5.37. The number of hydrogen-bond acceptors (Lipinski definition) is 8. The summed E-state index contributed by atoms with van der Waals surface area (Å²) in [6.45, 7) is 1.42. The highest BCUT2D eigenvalue weighted by Crippen LogP contribution is 2.27. The van der Waals surface area contributed by atoms with Crippen LogP contribution < -0.4 is 10.9 Å². The summed E-state index contributed by atoms with van der Waals surface area (Å²) in [7, 11) is -3.58. The minimum atomic E-state index is -3.58. The Kier molecular flexibility index (Phi) is 6.00. The van der Waals surface area contributed by atoms with Gasteiger partial charge in [0.25, 0.3) is 5.91 Å². The number of sulfonamides is 1. The number of amides is 1. The molecule has 1 aliphatic heterocycles. The second-order valence-electron chi connectivity index (χ2n) is 7.52. The average Bonchev–Trinajstić information content (AvgIpc) is 3.32. The fourth-order valence-corrected chi connectivity index (χ4v) is 5.70. The van der Waals surface area contributed by atoms with Gasteiger partial charge >= 0.3 is 5.63 Å². The van der Waals surface area contributed by atoms with E-state index in [4.69, 9.17) is 9.15 Å². The first kappa shape index (κ1) is 22.4. The van der Waals surface area contributed by atoms with Crippen molar-refractivity contribution in [3.05, 3.63) is 76.0 Å². The molecule has 34 heavy (non-hydrogen) atoms. The third-order valence-corrected chi connectivity index (χ3v) is 8.04. The molecule has 0 aliphatic carbocycles. The lowest BCUT2D eigenvalue weighted by Crippen LogP contribution is -2.40. The summed E-state index contributed by atoms with van der Waals surface area (Å²) in [5.74, 6) is -0.618. The van der Waals surface area contributed by atoms with E-state index >= 15 is 0 Å². The smallest absolute Gasteiger partial charge is 0.349 e. The van der Waals surface area contributed by atoms with E-state index in [1.165, 1.54) is 33.8 Å². The summed E-state index contributed by atoms with van der Waals surface area (Å²) in [6, 6.07) is 14.8. The molecule has 11 heteroatoms. The number of carbonyl (C=O) groups excluding carboxylic acids is 1. The largest absolute Gasteiger partial charge is 0.422 e. The van der Waals surface area contributed by atoms with E-state index in [1.807, 2.05) is 0 Å². The van der Waals surface area contributed by atoms with Crippen molar-refractivity contribution in [2.75, 3.05) is 31.6 Å². The molecule has 0 atom stereocenters. The van der Waals surface area contributed by atoms with E-state index in [1.54, 1.807) is 41.8 Å². The Morgan fingerprint density at radius 2 is 1.79 bits per heavy atom. The number of benzene rings is 2. The predicted octanol–water partition coefficient (Wildman–Crippen LogP) is 3.19. The van der Waals surface area contributed by atoms with E-state index in [9.17, 15) is 18.0 Å². The zero-order valence-electron chi connectivity index (χ0n) is 17.8. The molecule has 1 aliphatic rings. The molecule has 0 saturated carbocycles. The van der Waals surface area contributed by atoms with Gasteiger partial charge < -0.3 is 9.15 Å². The Hall–Kier alpha value is -3.38. The Morgan fingerprint density at radius 3 is 2.56 bits per heavy atom. The number of morpholine rings is 1. The molecule has 2 aromatic heterocycles. The highest BCUT2D eigenvalue weighted by Gasteiger charge is 2.26. The van der Waals surface area contributed by atoms with Gasteiger partial charge in [-0.1, -0.05) is 30.3 Å². The van der Waals surface area contributed by atoms with E-state index in [-0.39, 0.29) is 10.5 Å². The summed E-state index contributed by atoms with van der Waals surface area (Å²) in [4.78, 5) is 29.5. The van der Waals surface area contributed by atoms with Crippen LogP contribution in [0.5, 0.6) is 0 Å². The summed E-state index contributed by atoms with van der Waals surface area (Å²) >= 11 is 1.19. The van der Waals surface area contributed by atoms with E-state index < -0.39 is 21.6 Å². The number of nitrogens with one attached hydrogen (secondary N) is 1. The van der Waals surface area contributed by atoms with Gasteiger partial charge in [0, 0.05) is 29.4 Å². The maximum atomic E-state index is 12.8. The maximum Gasteiger partial charge on any atom is 0.349 e. The van der Waals surface area contributed by atoms with E-state index in [0.29, 0.717) is 53.7 Å². The van der Waals surface area contributed by atoms with Crippen molar-refractivity contribution < 1.29 is 22.4 Å². The number of ether oxygens (including phenoxy) is 1. The van der Waals surface area contributed by atoms with E-state index in [0.717, 1.165) is 0 Å². The summed E-state index contributed by atoms with van der Waals surface area (Å²) in [5, 5.41) is 5.31. The summed E-state index contributed by atoms with van der Waals surface area (Å²) in [6.07, 6.45) is 0. The quantitative estimate of drug-likeness (QED) is 0.421. The zero-order chi connectivity index (χ0) is 23.7. The van der Waals surface area contributed by atoms with Crippen molar-refractivity contribution in [3.8, 4) is 11.3 Å². The number of carbonyl (C=O) groups is 1. The van der Waals surface area contributed by atoms with Gasteiger partial charge in [-0.25, -0.2) is 18.2 Å². The van der Waals surface area contributed by atoms with Crippen LogP contribution in [0.3, 0.4) is 0 Å². The van der Waals surface area contributed by atoms with Crippen molar-refractivity contribution in [2.24, 2.45) is 0 Å². The van der Waals surface area contributed by atoms with Crippen LogP contribution in [0, 0.1) is 0 Å². The number of aromatic nitrogens is 1. The lowest BCUT2D eigenvalue weighted by molar-refractivity contribution is 0.0730. The van der Waals surface area contributed by atoms with Crippen LogP contribution >= 0.6 is 11.3 Å². The summed E-state index contributed by atoms with van der Waals surface area (Å²) < 4.78 is 37.4. The molecule has 1 amide bonds. The molecule has 174 valence electrons. The normalized spacial score (nSPS) is 14.8. The predicted molar refractivity (Wildman–Crippen MR) is 128 cm³/mol. The monoisotopic (exact) mass is 497 g/mol. The highest BCUT2D eigenvalue weighted by atomic mass is 32.2. The topological polar surface area (TPSA) is 119 Å². The molecule has 0 radical (unpaired) electrons. The number of para-hydroxylation sites is 1. The minimum Gasteiger partial charge on any atom is -0.422 e. The van der Waals surface area contributed by atoms with Crippen LogP contribution in [0.2, 0.25) is 0 Å². The molecule has 1 fully saturated rings. The van der Waals surface area contributed by atoms with Gasteiger partial charge in [0.15, 0.2) is 5.13 Å². The van der Waals surface area contributed by atoms with Gasteiger partial charge in [-0.15, -0.1) is 11.3 Å². The Bertz CT molecular complexity index is 1520. The second kappa shape index (κ2) is 9.11. The lowest BCUT2D eigenvalue weighted by Gasteiger charge is -2.26. The molecule has 1 saturated heterocycles. The van der Waals surface area contributed by atoms with Crippen LogP contribution in [-0.2, 0) is 14.8 Å².